The van der Waals surface area contributed by atoms with E-state index in [1.54, 1.807) is 6.20 Å². The number of oxazole rings is 1. The van der Waals surface area contributed by atoms with Gasteiger partial charge in [-0.25, -0.2) is 15.0 Å². The van der Waals surface area contributed by atoms with E-state index in [9.17, 15) is 0 Å². The average molecular weight is 470 g/mol. The van der Waals surface area contributed by atoms with Gasteiger partial charge in [0.05, 0.1) is 28.3 Å². The van der Waals surface area contributed by atoms with Gasteiger partial charge in [-0.1, -0.05) is 0 Å². The summed E-state index contributed by atoms with van der Waals surface area (Å²) in [4.78, 5) is 29.0. The van der Waals surface area contributed by atoms with E-state index in [4.69, 9.17) is 15.9 Å². The molecule has 178 valence electrons. The van der Waals surface area contributed by atoms with Crippen molar-refractivity contribution in [2.75, 3.05) is 0 Å². The highest BCUT2D eigenvalue weighted by Gasteiger charge is 2.16. The zero-order valence-corrected chi connectivity index (χ0v) is 20.0. The minimum Gasteiger partial charge on any atom is -0.430 e. The van der Waals surface area contributed by atoms with Gasteiger partial charge in [0.1, 0.15) is 11.7 Å². The molecular weight excluding hydrogens is 442 g/mol. The summed E-state index contributed by atoms with van der Waals surface area (Å²) in [7, 11) is 0. The van der Waals surface area contributed by atoms with Gasteiger partial charge in [-0.2, -0.15) is 0 Å². The van der Waals surface area contributed by atoms with E-state index in [1.807, 2.05) is 64.1 Å². The van der Waals surface area contributed by atoms with Crippen LogP contribution in [0.2, 0.25) is 0 Å². The van der Waals surface area contributed by atoms with Crippen LogP contribution in [0.4, 0.5) is 0 Å². The number of nitrogens with two attached hydrogens (primary N) is 2. The maximum absolute atomic E-state index is 6.11. The number of nitrogens with zero attached hydrogens (tertiary/aromatic N) is 5. The first-order valence-electron chi connectivity index (χ1n) is 11.4. The molecule has 35 heavy (non-hydrogen) atoms. The van der Waals surface area contributed by atoms with Crippen LogP contribution in [-0.4, -0.2) is 48.7 Å². The second-order valence-electron chi connectivity index (χ2n) is 8.88. The number of aromatic amines is 2. The minimum atomic E-state index is 0.115. The molecule has 0 aliphatic heterocycles. The molecule has 5 aromatic rings. The molecule has 0 saturated carbocycles. The van der Waals surface area contributed by atoms with Crippen LogP contribution in [0.1, 0.15) is 38.8 Å². The van der Waals surface area contributed by atoms with E-state index in [-0.39, 0.29) is 12.1 Å². The van der Waals surface area contributed by atoms with Gasteiger partial charge in [0.15, 0.2) is 17.4 Å². The quantitative estimate of drug-likeness (QED) is 0.217. The number of imidazole rings is 2. The van der Waals surface area contributed by atoms with Crippen molar-refractivity contribution < 1.29 is 4.42 Å². The highest BCUT2D eigenvalue weighted by atomic mass is 16.4. The zero-order chi connectivity index (χ0) is 24.7. The number of aromatic nitrogens is 5. The van der Waals surface area contributed by atoms with E-state index in [2.05, 4.69) is 34.9 Å². The number of hydrogen-bond donors (Lipinski definition) is 4. The van der Waals surface area contributed by atoms with Gasteiger partial charge in [-0.3, -0.25) is 9.98 Å². The highest BCUT2D eigenvalue weighted by Crippen LogP contribution is 2.27. The Balaban J connectivity index is 1.44. The molecule has 0 aliphatic rings. The Morgan fingerprint density at radius 3 is 1.86 bits per heavy atom. The molecule has 0 aliphatic carbocycles. The molecule has 0 fully saturated rings. The van der Waals surface area contributed by atoms with Crippen LogP contribution in [0, 0.1) is 0 Å². The van der Waals surface area contributed by atoms with Crippen LogP contribution in [0.5, 0.6) is 0 Å². The molecule has 0 amide bonds. The lowest BCUT2D eigenvalue weighted by molar-refractivity contribution is 0.580. The molecule has 0 bridgehead atoms. The first-order chi connectivity index (χ1) is 16.8. The number of aliphatic imine (C=N–C) groups is 2. The summed E-state index contributed by atoms with van der Waals surface area (Å²) in [6.07, 6.45) is 1.62. The number of amidine groups is 2. The van der Waals surface area contributed by atoms with Crippen molar-refractivity contribution in [1.82, 2.24) is 24.9 Å². The maximum Gasteiger partial charge on any atom is 0.263 e. The van der Waals surface area contributed by atoms with Gasteiger partial charge in [0.25, 0.3) is 5.89 Å². The van der Waals surface area contributed by atoms with Crippen molar-refractivity contribution in [1.29, 1.82) is 0 Å². The van der Waals surface area contributed by atoms with Crippen molar-refractivity contribution in [3.05, 3.63) is 53.7 Å². The Hall–Kier alpha value is -4.47. The Labute approximate surface area is 201 Å². The standard InChI is InChI=1S/C25H27N9O/c1-12(2)29-21(26)14-5-7-16-18(9-14)33-23(31-16)20-11-28-25(35-20)24-32-17-8-6-15(10-19(17)34-24)22(27)30-13(3)4/h5-13H,1-4H3,(H2,26,29)(H2,27,30)(H,31,33)(H,32,34). The van der Waals surface area contributed by atoms with Gasteiger partial charge >= 0.3 is 0 Å². The molecule has 0 radical (unpaired) electrons. The number of rotatable bonds is 6. The number of benzene rings is 2. The number of nitrogens with one attached hydrogen (secondary N) is 2. The molecule has 0 unspecified atom stereocenters. The van der Waals surface area contributed by atoms with Crippen molar-refractivity contribution in [3.8, 4) is 23.3 Å². The van der Waals surface area contributed by atoms with Crippen LogP contribution in [0.25, 0.3) is 45.4 Å². The lowest BCUT2D eigenvalue weighted by Gasteiger charge is -2.03. The third-order valence-electron chi connectivity index (χ3n) is 5.29. The van der Waals surface area contributed by atoms with E-state index in [1.165, 1.54) is 0 Å². The van der Waals surface area contributed by atoms with Crippen molar-refractivity contribution >= 4 is 33.7 Å². The van der Waals surface area contributed by atoms with Gasteiger partial charge < -0.3 is 25.9 Å². The molecule has 3 aromatic heterocycles. The summed E-state index contributed by atoms with van der Waals surface area (Å²) in [5.74, 6) is 2.91. The van der Waals surface area contributed by atoms with Crippen LogP contribution in [0.15, 0.2) is 57.0 Å². The topological polar surface area (TPSA) is 160 Å². The zero-order valence-electron chi connectivity index (χ0n) is 20.0. The largest absolute Gasteiger partial charge is 0.430 e. The van der Waals surface area contributed by atoms with E-state index in [0.29, 0.717) is 35.0 Å². The molecule has 10 nitrogen and oxygen atoms in total. The third-order valence-corrected chi connectivity index (χ3v) is 5.29. The predicted molar refractivity (Wildman–Crippen MR) is 138 cm³/mol. The summed E-state index contributed by atoms with van der Waals surface area (Å²) < 4.78 is 5.98. The number of fused-ring (bicyclic) bond motifs is 2. The Bertz CT molecular complexity index is 1470. The molecular formula is C25H27N9O. The van der Waals surface area contributed by atoms with Crippen molar-refractivity contribution in [3.63, 3.8) is 0 Å². The van der Waals surface area contributed by atoms with Crippen LogP contribution in [-0.2, 0) is 0 Å². The SMILES string of the molecule is CC(C)N=C(N)c1ccc2nc(-c3cnc(-c4nc5ccc(C(N)=NC(C)C)cc5[nH]4)o3)[nH]c2c1. The fourth-order valence-electron chi connectivity index (χ4n) is 3.75. The predicted octanol–water partition coefficient (Wildman–Crippen LogP) is 3.99. The summed E-state index contributed by atoms with van der Waals surface area (Å²) in [6, 6.07) is 11.7. The van der Waals surface area contributed by atoms with Crippen molar-refractivity contribution in [2.45, 2.75) is 39.8 Å². The minimum absolute atomic E-state index is 0.115. The lowest BCUT2D eigenvalue weighted by Crippen LogP contribution is -2.15. The second-order valence-corrected chi connectivity index (χ2v) is 8.88. The monoisotopic (exact) mass is 469 g/mol. The fraction of sp³-hybridized carbons (Fsp3) is 0.240. The van der Waals surface area contributed by atoms with E-state index >= 15 is 0 Å². The molecule has 5 rings (SSSR count). The summed E-state index contributed by atoms with van der Waals surface area (Å²) in [5.41, 5.74) is 17.1. The number of H-pyrrole nitrogens is 2. The Morgan fingerprint density at radius 2 is 1.31 bits per heavy atom. The number of hydrogen-bond acceptors (Lipinski definition) is 6. The highest BCUT2D eigenvalue weighted by molar-refractivity contribution is 6.01. The van der Waals surface area contributed by atoms with Gasteiger partial charge in [0.2, 0.25) is 0 Å². The van der Waals surface area contributed by atoms with Crippen LogP contribution >= 0.6 is 0 Å². The van der Waals surface area contributed by atoms with Gasteiger partial charge in [-0.15, -0.1) is 0 Å². The summed E-state index contributed by atoms with van der Waals surface area (Å²) in [6.45, 7) is 7.94. The maximum atomic E-state index is 6.11. The Morgan fingerprint density at radius 1 is 0.800 bits per heavy atom. The molecule has 3 heterocycles. The lowest BCUT2D eigenvalue weighted by atomic mass is 10.2. The van der Waals surface area contributed by atoms with E-state index in [0.717, 1.165) is 33.2 Å². The molecule has 10 heteroatoms. The molecule has 0 spiro atoms. The first kappa shape index (κ1) is 22.3. The summed E-state index contributed by atoms with van der Waals surface area (Å²) >= 11 is 0. The molecule has 0 atom stereocenters. The van der Waals surface area contributed by atoms with Crippen LogP contribution < -0.4 is 11.5 Å². The Kier molecular flexibility index (Phi) is 5.56. The van der Waals surface area contributed by atoms with Gasteiger partial charge in [-0.05, 0) is 64.1 Å². The second kappa shape index (κ2) is 8.71. The average Bonchev–Trinajstić information content (AvgIpc) is 3.54. The smallest absolute Gasteiger partial charge is 0.263 e. The molecule has 2 aromatic carbocycles. The van der Waals surface area contributed by atoms with E-state index < -0.39 is 0 Å². The normalized spacial score (nSPS) is 13.1. The molecule has 0 saturated heterocycles. The van der Waals surface area contributed by atoms with Gasteiger partial charge in [0, 0.05) is 23.2 Å². The molecule has 6 N–H and O–H groups in total. The fourth-order valence-corrected chi connectivity index (χ4v) is 3.75. The van der Waals surface area contributed by atoms with Crippen LogP contribution in [0.3, 0.4) is 0 Å². The first-order valence-corrected chi connectivity index (χ1v) is 11.4. The summed E-state index contributed by atoms with van der Waals surface area (Å²) in [5, 5.41) is 0. The van der Waals surface area contributed by atoms with Crippen molar-refractivity contribution in [2.24, 2.45) is 21.5 Å². The third kappa shape index (κ3) is 4.50.